The summed E-state index contributed by atoms with van der Waals surface area (Å²) < 4.78 is 5.34. The molecule has 1 aliphatic rings. The number of aromatic nitrogens is 1. The maximum absolute atomic E-state index is 5.34. The van der Waals surface area contributed by atoms with Crippen molar-refractivity contribution in [2.45, 2.75) is 12.0 Å². The number of ether oxygens (including phenoxy) is 1. The molecule has 0 radical (unpaired) electrons. The Hall–Kier alpha value is -3.24. The number of anilines is 1. The molecule has 0 amide bonds. The lowest BCUT2D eigenvalue weighted by Crippen LogP contribution is -2.34. The fourth-order valence-electron chi connectivity index (χ4n) is 4.60. The first kappa shape index (κ1) is 18.8. The molecule has 1 aromatic heterocycles. The van der Waals surface area contributed by atoms with Gasteiger partial charge in [-0.1, -0.05) is 42.5 Å². The lowest BCUT2D eigenvalue weighted by atomic mass is 9.83. The molecule has 0 saturated carbocycles. The summed E-state index contributed by atoms with van der Waals surface area (Å²) in [6, 6.07) is 26.1. The molecule has 2 atom stereocenters. The van der Waals surface area contributed by atoms with Gasteiger partial charge >= 0.3 is 0 Å². The van der Waals surface area contributed by atoms with Gasteiger partial charge in [-0.15, -0.1) is 0 Å². The number of benzene rings is 3. The normalized spacial score (nSPS) is 18.2. The van der Waals surface area contributed by atoms with Gasteiger partial charge in [-0.05, 0) is 47.0 Å². The Balaban J connectivity index is 1.61. The van der Waals surface area contributed by atoms with Crippen molar-refractivity contribution >= 4 is 16.6 Å². The number of nitrogens with zero attached hydrogens (tertiary/aromatic N) is 1. The van der Waals surface area contributed by atoms with Crippen molar-refractivity contribution in [2.75, 3.05) is 32.6 Å². The molecule has 0 saturated heterocycles. The zero-order valence-electron chi connectivity index (χ0n) is 17.6. The van der Waals surface area contributed by atoms with Gasteiger partial charge in [0.25, 0.3) is 0 Å². The summed E-state index contributed by atoms with van der Waals surface area (Å²) in [7, 11) is 5.86. The van der Waals surface area contributed by atoms with Crippen LogP contribution in [0.1, 0.15) is 34.3 Å². The van der Waals surface area contributed by atoms with E-state index in [-0.39, 0.29) is 6.04 Å². The molecule has 0 spiro atoms. The lowest BCUT2D eigenvalue weighted by Gasteiger charge is -2.31. The second kappa shape index (κ2) is 7.54. The number of aromatic amines is 1. The van der Waals surface area contributed by atoms with Crippen molar-refractivity contribution < 1.29 is 4.74 Å². The third-order valence-corrected chi connectivity index (χ3v) is 6.20. The maximum Gasteiger partial charge on any atom is 0.118 e. The molecule has 3 aromatic carbocycles. The average molecular weight is 398 g/mol. The van der Waals surface area contributed by atoms with Gasteiger partial charge in [0.2, 0.25) is 0 Å². The summed E-state index contributed by atoms with van der Waals surface area (Å²) in [5, 5.41) is 5.11. The lowest BCUT2D eigenvalue weighted by molar-refractivity contribution is 0.414. The van der Waals surface area contributed by atoms with E-state index in [0.29, 0.717) is 5.92 Å². The van der Waals surface area contributed by atoms with Gasteiger partial charge in [0.1, 0.15) is 5.75 Å². The van der Waals surface area contributed by atoms with Crippen molar-refractivity contribution in [3.8, 4) is 5.75 Å². The van der Waals surface area contributed by atoms with Gasteiger partial charge in [-0.3, -0.25) is 0 Å². The first-order valence-electron chi connectivity index (χ1n) is 10.4. The number of fused-ring (bicyclic) bond motifs is 3. The minimum absolute atomic E-state index is 0.135. The van der Waals surface area contributed by atoms with E-state index in [2.05, 4.69) is 90.0 Å². The van der Waals surface area contributed by atoms with E-state index in [4.69, 9.17) is 4.74 Å². The molecule has 4 heteroatoms. The van der Waals surface area contributed by atoms with E-state index in [1.165, 1.54) is 39.0 Å². The van der Waals surface area contributed by atoms with Gasteiger partial charge in [0.05, 0.1) is 13.2 Å². The molecule has 0 aliphatic carbocycles. The topological polar surface area (TPSA) is 40.3 Å². The van der Waals surface area contributed by atoms with Crippen LogP contribution >= 0.6 is 0 Å². The number of para-hydroxylation sites is 1. The highest BCUT2D eigenvalue weighted by atomic mass is 16.5. The Morgan fingerprint density at radius 2 is 1.57 bits per heavy atom. The fourth-order valence-corrected chi connectivity index (χ4v) is 4.60. The molecule has 0 fully saturated rings. The standard InChI is InChI=1S/C26H27N3O/c1-29(2)19-12-8-17(9-13-19)22-16-27-25(18-10-14-20(30-3)15-11-18)26-24(22)21-6-4-5-7-23(21)28-26/h4-15,22,25,27-28H,16H2,1-3H3. The first-order valence-corrected chi connectivity index (χ1v) is 10.4. The third-order valence-electron chi connectivity index (χ3n) is 6.20. The van der Waals surface area contributed by atoms with Crippen LogP contribution in [0, 0.1) is 0 Å². The van der Waals surface area contributed by atoms with Crippen LogP contribution in [0.25, 0.3) is 10.9 Å². The molecule has 152 valence electrons. The molecule has 0 bridgehead atoms. The van der Waals surface area contributed by atoms with Gasteiger partial charge in [0.15, 0.2) is 0 Å². The smallest absolute Gasteiger partial charge is 0.118 e. The molecular weight excluding hydrogens is 370 g/mol. The Morgan fingerprint density at radius 3 is 2.27 bits per heavy atom. The zero-order valence-corrected chi connectivity index (χ0v) is 17.6. The van der Waals surface area contributed by atoms with Gasteiger partial charge < -0.3 is 19.9 Å². The van der Waals surface area contributed by atoms with Crippen molar-refractivity contribution in [1.82, 2.24) is 10.3 Å². The van der Waals surface area contributed by atoms with Gasteiger partial charge in [-0.25, -0.2) is 0 Å². The minimum atomic E-state index is 0.135. The molecule has 5 rings (SSSR count). The van der Waals surface area contributed by atoms with Crippen LogP contribution in [0.3, 0.4) is 0 Å². The summed E-state index contributed by atoms with van der Waals surface area (Å²) in [5.74, 6) is 1.19. The van der Waals surface area contributed by atoms with Crippen molar-refractivity contribution in [3.05, 3.63) is 95.2 Å². The SMILES string of the molecule is COc1ccc(C2NCC(c3ccc(N(C)C)cc3)c3c2[nH]c2ccccc32)cc1. The number of rotatable bonds is 4. The van der Waals surface area contributed by atoms with E-state index in [0.717, 1.165) is 12.3 Å². The summed E-state index contributed by atoms with van der Waals surface area (Å²) >= 11 is 0. The summed E-state index contributed by atoms with van der Waals surface area (Å²) in [6.07, 6.45) is 0. The van der Waals surface area contributed by atoms with Crippen LogP contribution in [0.4, 0.5) is 5.69 Å². The summed E-state index contributed by atoms with van der Waals surface area (Å²) in [6.45, 7) is 0.896. The number of methoxy groups -OCH3 is 1. The van der Waals surface area contributed by atoms with E-state index in [9.17, 15) is 0 Å². The van der Waals surface area contributed by atoms with E-state index >= 15 is 0 Å². The second-order valence-electron chi connectivity index (χ2n) is 8.15. The zero-order chi connectivity index (χ0) is 20.7. The minimum Gasteiger partial charge on any atom is -0.497 e. The monoisotopic (exact) mass is 397 g/mol. The summed E-state index contributed by atoms with van der Waals surface area (Å²) in [5.41, 5.74) is 7.66. The largest absolute Gasteiger partial charge is 0.497 e. The highest BCUT2D eigenvalue weighted by Gasteiger charge is 2.32. The third kappa shape index (κ3) is 3.14. The second-order valence-corrected chi connectivity index (χ2v) is 8.15. The average Bonchev–Trinajstić information content (AvgIpc) is 3.18. The number of hydrogen-bond donors (Lipinski definition) is 2. The number of H-pyrrole nitrogens is 1. The molecule has 2 unspecified atom stereocenters. The van der Waals surface area contributed by atoms with Gasteiger partial charge in [-0.2, -0.15) is 0 Å². The highest BCUT2D eigenvalue weighted by Crippen LogP contribution is 2.41. The van der Waals surface area contributed by atoms with Gasteiger partial charge in [0, 0.05) is 48.8 Å². The van der Waals surface area contributed by atoms with Crippen molar-refractivity contribution in [3.63, 3.8) is 0 Å². The molecule has 2 N–H and O–H groups in total. The highest BCUT2D eigenvalue weighted by molar-refractivity contribution is 5.86. The number of hydrogen-bond acceptors (Lipinski definition) is 3. The number of nitrogens with one attached hydrogen (secondary N) is 2. The first-order chi connectivity index (χ1) is 14.7. The maximum atomic E-state index is 5.34. The molecule has 4 nitrogen and oxygen atoms in total. The quantitative estimate of drug-likeness (QED) is 0.505. The van der Waals surface area contributed by atoms with Crippen LogP contribution < -0.4 is 15.0 Å². The summed E-state index contributed by atoms with van der Waals surface area (Å²) in [4.78, 5) is 5.86. The van der Waals surface area contributed by atoms with E-state index in [1.807, 2.05) is 12.1 Å². The molecule has 30 heavy (non-hydrogen) atoms. The Morgan fingerprint density at radius 1 is 0.867 bits per heavy atom. The molecular formula is C26H27N3O. The van der Waals surface area contributed by atoms with Crippen LogP contribution in [-0.2, 0) is 0 Å². The van der Waals surface area contributed by atoms with E-state index < -0.39 is 0 Å². The van der Waals surface area contributed by atoms with Crippen LogP contribution in [0.15, 0.2) is 72.8 Å². The van der Waals surface area contributed by atoms with Crippen LogP contribution in [0.2, 0.25) is 0 Å². The van der Waals surface area contributed by atoms with Crippen LogP contribution in [-0.4, -0.2) is 32.7 Å². The predicted octanol–water partition coefficient (Wildman–Crippen LogP) is 5.07. The van der Waals surface area contributed by atoms with Crippen molar-refractivity contribution in [1.29, 1.82) is 0 Å². The van der Waals surface area contributed by atoms with E-state index in [1.54, 1.807) is 7.11 Å². The Labute approximate surface area is 177 Å². The molecule has 4 aromatic rings. The fraction of sp³-hybridized carbons (Fsp3) is 0.231. The van der Waals surface area contributed by atoms with Crippen molar-refractivity contribution in [2.24, 2.45) is 0 Å². The Bertz CT molecular complexity index is 1160. The van der Waals surface area contributed by atoms with Crippen LogP contribution in [0.5, 0.6) is 5.75 Å². The Kier molecular flexibility index (Phi) is 4.72. The molecule has 1 aliphatic heterocycles. The predicted molar refractivity (Wildman–Crippen MR) is 124 cm³/mol. The molecule has 2 heterocycles.